The summed E-state index contributed by atoms with van der Waals surface area (Å²) >= 11 is 1.84. The molecule has 2 atom stereocenters. The fraction of sp³-hybridized carbons (Fsp3) is 0.643. The fourth-order valence-corrected chi connectivity index (χ4v) is 3.21. The minimum Gasteiger partial charge on any atom is -0.368 e. The van der Waals surface area contributed by atoms with Crippen LogP contribution >= 0.6 is 11.8 Å². The first-order chi connectivity index (χ1) is 9.63. The van der Waals surface area contributed by atoms with Gasteiger partial charge in [0.25, 0.3) is 0 Å². The molecule has 1 saturated carbocycles. The van der Waals surface area contributed by atoms with Crippen molar-refractivity contribution < 1.29 is 8.78 Å². The van der Waals surface area contributed by atoms with E-state index in [1.807, 2.05) is 18.7 Å². The second kappa shape index (κ2) is 7.11. The number of thioether (sulfide) groups is 1. The molecule has 2 unspecified atom stereocenters. The predicted octanol–water partition coefficient (Wildman–Crippen LogP) is 3.88. The Balaban J connectivity index is 2.07. The Labute approximate surface area is 122 Å². The van der Waals surface area contributed by atoms with Gasteiger partial charge in [0.2, 0.25) is 0 Å². The average Bonchev–Trinajstić information content (AvgIpc) is 2.88. The van der Waals surface area contributed by atoms with Crippen LogP contribution in [0.15, 0.2) is 6.07 Å². The number of nitrogens with zero attached hydrogens (tertiary/aromatic N) is 1. The molecule has 0 aliphatic heterocycles. The Kier molecular flexibility index (Phi) is 5.46. The van der Waals surface area contributed by atoms with Gasteiger partial charge in [-0.1, -0.05) is 6.92 Å². The predicted molar refractivity (Wildman–Crippen MR) is 81.5 cm³/mol. The normalized spacial score (nSPS) is 22.0. The van der Waals surface area contributed by atoms with Crippen LogP contribution in [0.2, 0.25) is 0 Å². The molecule has 0 radical (unpaired) electrons. The summed E-state index contributed by atoms with van der Waals surface area (Å²) in [5.74, 6) is -1.00. The number of aromatic nitrogens is 1. The molecule has 0 aromatic carbocycles. The van der Waals surface area contributed by atoms with E-state index in [2.05, 4.69) is 21.9 Å². The van der Waals surface area contributed by atoms with Gasteiger partial charge < -0.3 is 10.6 Å². The van der Waals surface area contributed by atoms with Crippen LogP contribution in [0, 0.1) is 11.6 Å². The third-order valence-electron chi connectivity index (χ3n) is 3.53. The number of hydrogen-bond acceptors (Lipinski definition) is 4. The van der Waals surface area contributed by atoms with Gasteiger partial charge in [0.1, 0.15) is 0 Å². The molecule has 2 rings (SSSR count). The summed E-state index contributed by atoms with van der Waals surface area (Å²) in [7, 11) is 0. The lowest BCUT2D eigenvalue weighted by Crippen LogP contribution is -2.19. The van der Waals surface area contributed by atoms with E-state index in [1.165, 1.54) is 0 Å². The van der Waals surface area contributed by atoms with Gasteiger partial charge in [0.15, 0.2) is 23.3 Å². The molecule has 1 aromatic heterocycles. The van der Waals surface area contributed by atoms with E-state index in [0.29, 0.717) is 11.8 Å². The molecule has 3 nitrogen and oxygen atoms in total. The minimum atomic E-state index is -0.644. The second-order valence-corrected chi connectivity index (χ2v) is 6.23. The zero-order valence-electron chi connectivity index (χ0n) is 11.9. The Morgan fingerprint density at radius 1 is 1.30 bits per heavy atom. The highest BCUT2D eigenvalue weighted by molar-refractivity contribution is 7.99. The van der Waals surface area contributed by atoms with Gasteiger partial charge in [0.05, 0.1) is 0 Å². The van der Waals surface area contributed by atoms with Gasteiger partial charge in [-0.2, -0.15) is 11.8 Å². The topological polar surface area (TPSA) is 37.0 Å². The average molecular weight is 301 g/mol. The third-order valence-corrected chi connectivity index (χ3v) is 4.63. The highest BCUT2D eigenvalue weighted by Gasteiger charge is 2.25. The molecule has 0 bridgehead atoms. The molecule has 112 valence electrons. The van der Waals surface area contributed by atoms with E-state index in [1.54, 1.807) is 0 Å². The van der Waals surface area contributed by atoms with Crippen LogP contribution in [-0.4, -0.2) is 29.1 Å². The molecule has 6 heteroatoms. The number of nitrogens with one attached hydrogen (secondary N) is 2. The first-order valence-corrected chi connectivity index (χ1v) is 8.32. The van der Waals surface area contributed by atoms with Crippen molar-refractivity contribution in [1.82, 2.24) is 4.98 Å². The maximum atomic E-state index is 13.8. The Morgan fingerprint density at radius 3 is 2.70 bits per heavy atom. The van der Waals surface area contributed by atoms with Gasteiger partial charge in [0, 0.05) is 23.9 Å². The van der Waals surface area contributed by atoms with Crippen molar-refractivity contribution in [3.63, 3.8) is 0 Å². The molecular formula is C14H21F2N3S. The van der Waals surface area contributed by atoms with Crippen molar-refractivity contribution >= 4 is 23.4 Å². The molecule has 2 N–H and O–H groups in total. The fourth-order valence-electron chi connectivity index (χ4n) is 2.41. The Hall–Kier alpha value is -1.04. The summed E-state index contributed by atoms with van der Waals surface area (Å²) in [6.45, 7) is 2.60. The maximum absolute atomic E-state index is 13.8. The quantitative estimate of drug-likeness (QED) is 0.836. The summed E-state index contributed by atoms with van der Waals surface area (Å²) in [5.41, 5.74) is 0. The molecule has 0 spiro atoms. The first kappa shape index (κ1) is 15.4. The van der Waals surface area contributed by atoms with Crippen molar-refractivity contribution in [2.45, 2.75) is 43.9 Å². The van der Waals surface area contributed by atoms with Crippen molar-refractivity contribution in [2.24, 2.45) is 0 Å². The molecule has 1 aliphatic rings. The van der Waals surface area contributed by atoms with Crippen LogP contribution in [0.1, 0.15) is 32.6 Å². The van der Waals surface area contributed by atoms with Crippen molar-refractivity contribution in [3.8, 4) is 0 Å². The minimum absolute atomic E-state index is 0.121. The molecular weight excluding hydrogens is 280 g/mol. The van der Waals surface area contributed by atoms with E-state index >= 15 is 0 Å². The van der Waals surface area contributed by atoms with Gasteiger partial charge in [-0.15, -0.1) is 0 Å². The molecule has 20 heavy (non-hydrogen) atoms. The Morgan fingerprint density at radius 2 is 2.05 bits per heavy atom. The van der Waals surface area contributed by atoms with Gasteiger partial charge in [-0.05, 0) is 31.9 Å². The van der Waals surface area contributed by atoms with Crippen LogP contribution in [0.3, 0.4) is 0 Å². The summed E-state index contributed by atoms with van der Waals surface area (Å²) in [4.78, 5) is 4.04. The molecule has 0 amide bonds. The number of rotatable bonds is 6. The molecule has 1 fully saturated rings. The van der Waals surface area contributed by atoms with Crippen molar-refractivity contribution in [3.05, 3.63) is 17.7 Å². The lowest BCUT2D eigenvalue weighted by molar-refractivity contribution is 0.574. The summed E-state index contributed by atoms with van der Waals surface area (Å²) in [6.07, 6.45) is 6.08. The second-order valence-electron chi connectivity index (χ2n) is 5.09. The summed E-state index contributed by atoms with van der Waals surface area (Å²) < 4.78 is 27.4. The van der Waals surface area contributed by atoms with Crippen molar-refractivity contribution in [2.75, 3.05) is 23.4 Å². The van der Waals surface area contributed by atoms with Crippen LogP contribution in [-0.2, 0) is 0 Å². The van der Waals surface area contributed by atoms with E-state index in [0.717, 1.165) is 31.7 Å². The van der Waals surface area contributed by atoms with Crippen LogP contribution in [0.25, 0.3) is 0 Å². The molecule has 1 heterocycles. The zero-order chi connectivity index (χ0) is 14.5. The van der Waals surface area contributed by atoms with E-state index in [-0.39, 0.29) is 17.7 Å². The zero-order valence-corrected chi connectivity index (χ0v) is 12.7. The summed E-state index contributed by atoms with van der Waals surface area (Å²) in [5, 5.41) is 6.61. The number of halogens is 2. The molecule has 1 aromatic rings. The van der Waals surface area contributed by atoms with Crippen LogP contribution in [0.4, 0.5) is 20.4 Å². The van der Waals surface area contributed by atoms with Crippen LogP contribution in [0.5, 0.6) is 0 Å². The highest BCUT2D eigenvalue weighted by Crippen LogP contribution is 2.31. The lowest BCUT2D eigenvalue weighted by Gasteiger charge is -2.15. The molecule has 0 saturated heterocycles. The van der Waals surface area contributed by atoms with Crippen molar-refractivity contribution in [1.29, 1.82) is 0 Å². The van der Waals surface area contributed by atoms with Gasteiger partial charge in [-0.3, -0.25) is 0 Å². The van der Waals surface area contributed by atoms with E-state index < -0.39 is 11.6 Å². The van der Waals surface area contributed by atoms with E-state index in [4.69, 9.17) is 0 Å². The van der Waals surface area contributed by atoms with E-state index in [9.17, 15) is 8.78 Å². The number of pyridine rings is 1. The number of anilines is 2. The summed E-state index contributed by atoms with van der Waals surface area (Å²) in [6, 6.07) is 1.12. The monoisotopic (exact) mass is 301 g/mol. The highest BCUT2D eigenvalue weighted by atomic mass is 32.2. The van der Waals surface area contributed by atoms with Gasteiger partial charge in [-0.25, -0.2) is 13.8 Å². The SMILES string of the molecule is CCCNc1nc(NC2CCC(SC)C2)c(F)cc1F. The lowest BCUT2D eigenvalue weighted by atomic mass is 10.2. The first-order valence-electron chi connectivity index (χ1n) is 7.03. The largest absolute Gasteiger partial charge is 0.368 e. The number of hydrogen-bond donors (Lipinski definition) is 2. The van der Waals surface area contributed by atoms with Crippen LogP contribution < -0.4 is 10.6 Å². The van der Waals surface area contributed by atoms with Gasteiger partial charge >= 0.3 is 0 Å². The standard InChI is InChI=1S/C14H21F2N3S/c1-3-6-17-13-11(15)8-12(16)14(19-13)18-9-4-5-10(7-9)20-2/h8-10H,3-7H2,1-2H3,(H2,17,18,19). The Bertz CT molecular complexity index is 456. The molecule has 1 aliphatic carbocycles. The third kappa shape index (κ3) is 3.75. The maximum Gasteiger partial charge on any atom is 0.168 e. The smallest absolute Gasteiger partial charge is 0.168 e.